The topological polar surface area (TPSA) is 67.2 Å². The molecule has 3 rings (SSSR count). The minimum absolute atomic E-state index is 0.0476. The summed E-state index contributed by atoms with van der Waals surface area (Å²) in [5.41, 5.74) is 1.89. The normalized spacial score (nSPS) is 17.9. The van der Waals surface area contributed by atoms with Crippen LogP contribution in [-0.4, -0.2) is 39.4 Å². The highest BCUT2D eigenvalue weighted by atomic mass is 16.2. The van der Waals surface area contributed by atoms with E-state index in [0.29, 0.717) is 18.9 Å². The highest BCUT2D eigenvalue weighted by Gasteiger charge is 2.28. The van der Waals surface area contributed by atoms with Crippen molar-refractivity contribution in [3.8, 4) is 0 Å². The summed E-state index contributed by atoms with van der Waals surface area (Å²) in [6.07, 6.45) is 2.17. The molecule has 1 atom stereocenters. The minimum atomic E-state index is -0.167. The zero-order chi connectivity index (χ0) is 17.1. The van der Waals surface area contributed by atoms with Gasteiger partial charge in [0, 0.05) is 26.1 Å². The monoisotopic (exact) mass is 328 g/mol. The summed E-state index contributed by atoms with van der Waals surface area (Å²) in [5, 5.41) is 2.97. The van der Waals surface area contributed by atoms with Gasteiger partial charge in [-0.25, -0.2) is 4.98 Å². The Morgan fingerprint density at radius 3 is 2.83 bits per heavy atom. The molecule has 1 aromatic heterocycles. The molecule has 2 heterocycles. The first-order valence-electron chi connectivity index (χ1n) is 8.68. The zero-order valence-corrected chi connectivity index (χ0v) is 14.3. The molecule has 24 heavy (non-hydrogen) atoms. The van der Waals surface area contributed by atoms with Crippen LogP contribution in [-0.2, 0) is 16.1 Å². The van der Waals surface area contributed by atoms with E-state index < -0.39 is 0 Å². The number of piperidine rings is 1. The molecule has 1 aliphatic heterocycles. The molecular weight excluding hydrogens is 304 g/mol. The van der Waals surface area contributed by atoms with Gasteiger partial charge in [0.25, 0.3) is 0 Å². The van der Waals surface area contributed by atoms with Crippen molar-refractivity contribution in [3.63, 3.8) is 0 Å². The van der Waals surface area contributed by atoms with Gasteiger partial charge in [-0.15, -0.1) is 0 Å². The van der Waals surface area contributed by atoms with Crippen molar-refractivity contribution < 1.29 is 9.59 Å². The van der Waals surface area contributed by atoms with E-state index in [1.807, 2.05) is 42.7 Å². The van der Waals surface area contributed by atoms with E-state index in [0.717, 1.165) is 37.0 Å². The van der Waals surface area contributed by atoms with E-state index in [2.05, 4.69) is 10.3 Å². The van der Waals surface area contributed by atoms with Crippen molar-refractivity contribution >= 4 is 28.8 Å². The third kappa shape index (κ3) is 3.13. The molecule has 1 aliphatic rings. The molecule has 0 radical (unpaired) electrons. The fourth-order valence-corrected chi connectivity index (χ4v) is 3.34. The molecule has 0 aliphatic carbocycles. The third-order valence-electron chi connectivity index (χ3n) is 4.65. The Morgan fingerprint density at radius 2 is 2.08 bits per heavy atom. The van der Waals surface area contributed by atoms with Crippen LogP contribution in [0.1, 0.15) is 33.1 Å². The van der Waals surface area contributed by atoms with E-state index in [9.17, 15) is 9.59 Å². The van der Waals surface area contributed by atoms with E-state index >= 15 is 0 Å². The van der Waals surface area contributed by atoms with Crippen molar-refractivity contribution in [1.29, 1.82) is 0 Å². The van der Waals surface area contributed by atoms with Crippen molar-refractivity contribution in [2.75, 3.05) is 18.4 Å². The largest absolute Gasteiger partial charge is 0.342 e. The number of anilines is 1. The molecule has 0 unspecified atom stereocenters. The number of aryl methyl sites for hydroxylation is 1. The molecular formula is C18H24N4O2. The van der Waals surface area contributed by atoms with Gasteiger partial charge in [-0.3, -0.25) is 14.9 Å². The maximum atomic E-state index is 12.7. The van der Waals surface area contributed by atoms with E-state index in [1.54, 1.807) is 4.90 Å². The number of aromatic nitrogens is 2. The Kier molecular flexibility index (Phi) is 4.83. The van der Waals surface area contributed by atoms with E-state index in [1.165, 1.54) is 0 Å². The van der Waals surface area contributed by atoms with Gasteiger partial charge in [-0.1, -0.05) is 19.1 Å². The van der Waals surface area contributed by atoms with Gasteiger partial charge in [-0.05, 0) is 31.9 Å². The van der Waals surface area contributed by atoms with Gasteiger partial charge in [0.15, 0.2) is 0 Å². The molecule has 1 fully saturated rings. The SMILES string of the molecule is CCC(=O)N1CCC[C@H](C(=O)Nc2nc3ccccc3n2CC)C1. The number of imidazole rings is 1. The zero-order valence-electron chi connectivity index (χ0n) is 14.3. The molecule has 0 spiro atoms. The number of para-hydroxylation sites is 2. The third-order valence-corrected chi connectivity index (χ3v) is 4.65. The molecule has 1 saturated heterocycles. The average Bonchev–Trinajstić information content (AvgIpc) is 2.98. The Morgan fingerprint density at radius 1 is 1.29 bits per heavy atom. The van der Waals surface area contributed by atoms with Gasteiger partial charge < -0.3 is 9.47 Å². The second kappa shape index (κ2) is 7.03. The second-order valence-corrected chi connectivity index (χ2v) is 6.19. The molecule has 6 heteroatoms. The lowest BCUT2D eigenvalue weighted by molar-refractivity contribution is -0.134. The molecule has 0 saturated carbocycles. The number of carbonyl (C=O) groups excluding carboxylic acids is 2. The van der Waals surface area contributed by atoms with Gasteiger partial charge >= 0.3 is 0 Å². The van der Waals surface area contributed by atoms with Crippen LogP contribution < -0.4 is 5.32 Å². The van der Waals surface area contributed by atoms with Crippen molar-refractivity contribution in [1.82, 2.24) is 14.5 Å². The number of benzene rings is 1. The molecule has 2 amide bonds. The van der Waals surface area contributed by atoms with Crippen molar-refractivity contribution in [2.24, 2.45) is 5.92 Å². The molecule has 2 aromatic rings. The van der Waals surface area contributed by atoms with E-state index in [-0.39, 0.29) is 17.7 Å². The lowest BCUT2D eigenvalue weighted by Crippen LogP contribution is -2.43. The number of rotatable bonds is 4. The summed E-state index contributed by atoms with van der Waals surface area (Å²) in [6.45, 7) is 5.89. The summed E-state index contributed by atoms with van der Waals surface area (Å²) >= 11 is 0. The number of likely N-dealkylation sites (tertiary alicyclic amines) is 1. The van der Waals surface area contributed by atoms with Crippen LogP contribution in [0, 0.1) is 5.92 Å². The lowest BCUT2D eigenvalue weighted by atomic mass is 9.97. The lowest BCUT2D eigenvalue weighted by Gasteiger charge is -2.31. The quantitative estimate of drug-likeness (QED) is 0.938. The van der Waals surface area contributed by atoms with Crippen molar-refractivity contribution in [2.45, 2.75) is 39.7 Å². The first-order valence-corrected chi connectivity index (χ1v) is 8.68. The van der Waals surface area contributed by atoms with Gasteiger partial charge in [0.2, 0.25) is 17.8 Å². The predicted octanol–water partition coefficient (Wildman–Crippen LogP) is 2.64. The number of nitrogens with one attached hydrogen (secondary N) is 1. The molecule has 1 N–H and O–H groups in total. The Hall–Kier alpha value is -2.37. The highest BCUT2D eigenvalue weighted by Crippen LogP contribution is 2.22. The number of carbonyl (C=O) groups is 2. The number of nitrogens with zero attached hydrogens (tertiary/aromatic N) is 3. The van der Waals surface area contributed by atoms with Crippen LogP contribution in [0.3, 0.4) is 0 Å². The smallest absolute Gasteiger partial charge is 0.231 e. The standard InChI is InChI=1S/C18H24N4O2/c1-3-16(23)21-11-7-8-13(12-21)17(24)20-18-19-14-9-5-6-10-15(14)22(18)4-2/h5-6,9-10,13H,3-4,7-8,11-12H2,1-2H3,(H,19,20,24)/t13-/m0/s1. The fraction of sp³-hybridized carbons (Fsp3) is 0.500. The second-order valence-electron chi connectivity index (χ2n) is 6.19. The van der Waals surface area contributed by atoms with Gasteiger partial charge in [0.05, 0.1) is 17.0 Å². The van der Waals surface area contributed by atoms with Gasteiger partial charge in [-0.2, -0.15) is 0 Å². The summed E-state index contributed by atoms with van der Waals surface area (Å²) in [5.74, 6) is 0.490. The molecule has 6 nitrogen and oxygen atoms in total. The summed E-state index contributed by atoms with van der Waals surface area (Å²) in [7, 11) is 0. The number of hydrogen-bond acceptors (Lipinski definition) is 3. The summed E-state index contributed by atoms with van der Waals surface area (Å²) in [4.78, 5) is 30.9. The maximum absolute atomic E-state index is 12.7. The number of hydrogen-bond donors (Lipinski definition) is 1. The van der Waals surface area contributed by atoms with Crippen LogP contribution in [0.4, 0.5) is 5.95 Å². The predicted molar refractivity (Wildman–Crippen MR) is 93.6 cm³/mol. The first-order chi connectivity index (χ1) is 11.6. The first kappa shape index (κ1) is 16.5. The minimum Gasteiger partial charge on any atom is -0.342 e. The number of amides is 2. The van der Waals surface area contributed by atoms with Crippen LogP contribution in [0.15, 0.2) is 24.3 Å². The fourth-order valence-electron chi connectivity index (χ4n) is 3.34. The summed E-state index contributed by atoms with van der Waals surface area (Å²) in [6, 6.07) is 7.86. The van der Waals surface area contributed by atoms with Crippen molar-refractivity contribution in [3.05, 3.63) is 24.3 Å². The van der Waals surface area contributed by atoms with Crippen LogP contribution in [0.5, 0.6) is 0 Å². The van der Waals surface area contributed by atoms with Crippen LogP contribution in [0.2, 0.25) is 0 Å². The Labute approximate surface area is 141 Å². The highest BCUT2D eigenvalue weighted by molar-refractivity contribution is 5.93. The van der Waals surface area contributed by atoms with Crippen LogP contribution >= 0.6 is 0 Å². The maximum Gasteiger partial charge on any atom is 0.231 e. The molecule has 128 valence electrons. The van der Waals surface area contributed by atoms with Gasteiger partial charge in [0.1, 0.15) is 0 Å². The van der Waals surface area contributed by atoms with Crippen LogP contribution in [0.25, 0.3) is 11.0 Å². The number of fused-ring (bicyclic) bond motifs is 1. The Bertz CT molecular complexity index is 753. The van der Waals surface area contributed by atoms with E-state index in [4.69, 9.17) is 0 Å². The Balaban J connectivity index is 1.76. The molecule has 1 aromatic carbocycles. The average molecular weight is 328 g/mol. The molecule has 0 bridgehead atoms. The summed E-state index contributed by atoms with van der Waals surface area (Å²) < 4.78 is 2.00.